The number of halogens is 3. The number of amides is 1. The van der Waals surface area contributed by atoms with E-state index in [1.807, 2.05) is 0 Å². The molecule has 5 nitrogen and oxygen atoms in total. The van der Waals surface area contributed by atoms with E-state index in [2.05, 4.69) is 0 Å². The molecule has 1 N–H and O–H groups in total. The minimum absolute atomic E-state index is 0.0263. The Kier molecular flexibility index (Phi) is 4.65. The molecule has 1 aliphatic heterocycles. The van der Waals surface area contributed by atoms with E-state index in [0.717, 1.165) is 12.1 Å². The van der Waals surface area contributed by atoms with E-state index in [-0.39, 0.29) is 13.2 Å². The van der Waals surface area contributed by atoms with E-state index in [4.69, 9.17) is 9.84 Å². The van der Waals surface area contributed by atoms with Gasteiger partial charge in [-0.3, -0.25) is 4.79 Å². The van der Waals surface area contributed by atoms with Crippen molar-refractivity contribution in [1.29, 1.82) is 0 Å². The third-order valence-corrected chi connectivity index (χ3v) is 3.96. The highest BCUT2D eigenvalue weighted by Gasteiger charge is 2.49. The highest BCUT2D eigenvalue weighted by Crippen LogP contribution is 2.31. The van der Waals surface area contributed by atoms with Gasteiger partial charge in [0.05, 0.1) is 12.2 Å². The standard InChI is InChI=1S/C15H16F3NO4/c1-14(13(21)22)6-7-19(14)12(20)9-23-8-10-2-4-11(5-3-10)15(16,17)18/h2-5H,6-9H2,1H3,(H,21,22). The fourth-order valence-corrected chi connectivity index (χ4v) is 2.31. The van der Waals surface area contributed by atoms with Crippen molar-refractivity contribution in [2.24, 2.45) is 0 Å². The van der Waals surface area contributed by atoms with E-state index < -0.39 is 29.2 Å². The third-order valence-electron chi connectivity index (χ3n) is 3.96. The summed E-state index contributed by atoms with van der Waals surface area (Å²) in [5.74, 6) is -1.52. The van der Waals surface area contributed by atoms with Gasteiger partial charge in [0.2, 0.25) is 5.91 Å². The molecule has 1 amide bonds. The van der Waals surface area contributed by atoms with Crippen LogP contribution in [0.4, 0.5) is 13.2 Å². The number of carbonyl (C=O) groups is 2. The number of carboxylic acid groups (broad SMARTS) is 1. The zero-order chi connectivity index (χ0) is 17.3. The van der Waals surface area contributed by atoms with Gasteiger partial charge in [0.1, 0.15) is 12.1 Å². The quantitative estimate of drug-likeness (QED) is 0.899. The molecular formula is C15H16F3NO4. The monoisotopic (exact) mass is 331 g/mol. The van der Waals surface area contributed by atoms with Crippen LogP contribution < -0.4 is 0 Å². The minimum Gasteiger partial charge on any atom is -0.480 e. The largest absolute Gasteiger partial charge is 0.480 e. The molecule has 0 aromatic heterocycles. The summed E-state index contributed by atoms with van der Waals surface area (Å²) >= 11 is 0. The molecule has 0 saturated carbocycles. The predicted octanol–water partition coefficient (Wildman–Crippen LogP) is 2.30. The molecule has 126 valence electrons. The molecule has 0 bridgehead atoms. The van der Waals surface area contributed by atoms with Crippen LogP contribution in [-0.2, 0) is 27.1 Å². The van der Waals surface area contributed by atoms with Crippen molar-refractivity contribution in [1.82, 2.24) is 4.90 Å². The summed E-state index contributed by atoms with van der Waals surface area (Å²) in [5.41, 5.74) is -1.46. The molecule has 1 aromatic rings. The number of rotatable bonds is 5. The normalized spacial score (nSPS) is 21.0. The number of carboxylic acids is 1. The lowest BCUT2D eigenvalue weighted by molar-refractivity contribution is -0.171. The Morgan fingerprint density at radius 3 is 2.35 bits per heavy atom. The first-order valence-electron chi connectivity index (χ1n) is 6.92. The summed E-state index contributed by atoms with van der Waals surface area (Å²) < 4.78 is 42.4. The van der Waals surface area contributed by atoms with E-state index in [9.17, 15) is 22.8 Å². The van der Waals surface area contributed by atoms with Gasteiger partial charge in [-0.15, -0.1) is 0 Å². The van der Waals surface area contributed by atoms with Crippen LogP contribution >= 0.6 is 0 Å². The van der Waals surface area contributed by atoms with Crippen molar-refractivity contribution in [2.45, 2.75) is 31.7 Å². The molecule has 1 aromatic carbocycles. The second kappa shape index (κ2) is 6.19. The van der Waals surface area contributed by atoms with Crippen LogP contribution in [0.15, 0.2) is 24.3 Å². The van der Waals surface area contributed by atoms with Crippen LogP contribution in [0.25, 0.3) is 0 Å². The summed E-state index contributed by atoms with van der Waals surface area (Å²) in [7, 11) is 0. The van der Waals surface area contributed by atoms with Crippen molar-refractivity contribution >= 4 is 11.9 Å². The smallest absolute Gasteiger partial charge is 0.416 e. The highest BCUT2D eigenvalue weighted by molar-refractivity contribution is 5.89. The van der Waals surface area contributed by atoms with Gasteiger partial charge in [0.25, 0.3) is 0 Å². The van der Waals surface area contributed by atoms with Crippen LogP contribution in [0.3, 0.4) is 0 Å². The van der Waals surface area contributed by atoms with E-state index in [1.165, 1.54) is 24.0 Å². The van der Waals surface area contributed by atoms with Crippen molar-refractivity contribution in [3.05, 3.63) is 35.4 Å². The molecule has 1 fully saturated rings. The van der Waals surface area contributed by atoms with Gasteiger partial charge in [-0.2, -0.15) is 13.2 Å². The van der Waals surface area contributed by atoms with Gasteiger partial charge in [0, 0.05) is 6.54 Å². The molecule has 1 saturated heterocycles. The van der Waals surface area contributed by atoms with Crippen molar-refractivity contribution in [2.75, 3.05) is 13.2 Å². The van der Waals surface area contributed by atoms with Crippen molar-refractivity contribution < 1.29 is 32.6 Å². The lowest BCUT2D eigenvalue weighted by Gasteiger charge is -2.47. The lowest BCUT2D eigenvalue weighted by Crippen LogP contribution is -2.65. The molecule has 8 heteroatoms. The topological polar surface area (TPSA) is 66.8 Å². The maximum Gasteiger partial charge on any atom is 0.416 e. The van der Waals surface area contributed by atoms with Gasteiger partial charge >= 0.3 is 12.1 Å². The third kappa shape index (κ3) is 3.64. The van der Waals surface area contributed by atoms with Crippen LogP contribution in [-0.4, -0.2) is 40.6 Å². The lowest BCUT2D eigenvalue weighted by atomic mass is 9.87. The maximum atomic E-state index is 12.4. The van der Waals surface area contributed by atoms with Crippen LogP contribution in [0, 0.1) is 0 Å². The molecule has 1 atom stereocenters. The summed E-state index contributed by atoms with van der Waals surface area (Å²) in [6.07, 6.45) is -4.01. The average Bonchev–Trinajstić information content (AvgIpc) is 2.44. The summed E-state index contributed by atoms with van der Waals surface area (Å²) in [6.45, 7) is 1.48. The summed E-state index contributed by atoms with van der Waals surface area (Å²) in [6, 6.07) is 4.44. The Morgan fingerprint density at radius 2 is 1.91 bits per heavy atom. The Bertz CT molecular complexity index is 600. The zero-order valence-corrected chi connectivity index (χ0v) is 12.4. The minimum atomic E-state index is -4.39. The van der Waals surface area contributed by atoms with Crippen molar-refractivity contribution in [3.8, 4) is 0 Å². The average molecular weight is 331 g/mol. The number of hydrogen-bond acceptors (Lipinski definition) is 3. The maximum absolute atomic E-state index is 12.4. The zero-order valence-electron chi connectivity index (χ0n) is 12.4. The molecule has 23 heavy (non-hydrogen) atoms. The Labute approximate surface area is 130 Å². The van der Waals surface area contributed by atoms with E-state index in [1.54, 1.807) is 0 Å². The first-order valence-corrected chi connectivity index (χ1v) is 6.92. The molecular weight excluding hydrogens is 315 g/mol. The molecule has 2 rings (SSSR count). The van der Waals surface area contributed by atoms with E-state index in [0.29, 0.717) is 18.5 Å². The van der Waals surface area contributed by atoms with Gasteiger partial charge < -0.3 is 14.7 Å². The first kappa shape index (κ1) is 17.3. The number of nitrogens with zero attached hydrogens (tertiary/aromatic N) is 1. The molecule has 1 unspecified atom stereocenters. The highest BCUT2D eigenvalue weighted by atomic mass is 19.4. The van der Waals surface area contributed by atoms with E-state index >= 15 is 0 Å². The number of benzene rings is 1. The Hall–Kier alpha value is -2.09. The number of hydrogen-bond donors (Lipinski definition) is 1. The molecule has 0 radical (unpaired) electrons. The molecule has 1 heterocycles. The fourth-order valence-electron chi connectivity index (χ4n) is 2.31. The second-order valence-electron chi connectivity index (χ2n) is 5.56. The second-order valence-corrected chi connectivity index (χ2v) is 5.56. The fraction of sp³-hybridized carbons (Fsp3) is 0.467. The Morgan fingerprint density at radius 1 is 1.30 bits per heavy atom. The number of carbonyl (C=O) groups excluding carboxylic acids is 1. The van der Waals surface area contributed by atoms with Gasteiger partial charge in [-0.1, -0.05) is 12.1 Å². The summed E-state index contributed by atoms with van der Waals surface area (Å²) in [4.78, 5) is 24.2. The van der Waals surface area contributed by atoms with Crippen LogP contribution in [0.2, 0.25) is 0 Å². The van der Waals surface area contributed by atoms with Gasteiger partial charge in [-0.05, 0) is 31.0 Å². The molecule has 1 aliphatic rings. The number of likely N-dealkylation sites (tertiary alicyclic amines) is 1. The number of alkyl halides is 3. The Balaban J connectivity index is 1.83. The van der Waals surface area contributed by atoms with Crippen LogP contribution in [0.5, 0.6) is 0 Å². The van der Waals surface area contributed by atoms with Gasteiger partial charge in [-0.25, -0.2) is 4.79 Å². The number of aliphatic carboxylic acids is 1. The summed E-state index contributed by atoms with van der Waals surface area (Å²) in [5, 5.41) is 9.08. The SMILES string of the molecule is CC1(C(=O)O)CCN1C(=O)COCc1ccc(C(F)(F)F)cc1. The molecule has 0 aliphatic carbocycles. The first-order chi connectivity index (χ1) is 10.6. The van der Waals surface area contributed by atoms with Crippen LogP contribution in [0.1, 0.15) is 24.5 Å². The molecule has 0 spiro atoms. The predicted molar refractivity (Wildman–Crippen MR) is 73.5 cm³/mol. The van der Waals surface area contributed by atoms with Crippen molar-refractivity contribution in [3.63, 3.8) is 0 Å². The van der Waals surface area contributed by atoms with Gasteiger partial charge in [0.15, 0.2) is 0 Å². The number of ether oxygens (including phenoxy) is 1.